The minimum absolute atomic E-state index is 0. The summed E-state index contributed by atoms with van der Waals surface area (Å²) in [6.07, 6.45) is 3.91. The number of sulfone groups is 1. The Bertz CT molecular complexity index is 520. The lowest BCUT2D eigenvalue weighted by atomic mass is 10.3. The zero-order valence-electron chi connectivity index (χ0n) is 12.4. The van der Waals surface area contributed by atoms with Crippen LogP contribution in [0.5, 0.6) is 0 Å². The molecule has 0 radical (unpaired) electrons. The van der Waals surface area contributed by atoms with E-state index in [2.05, 4.69) is 27.5 Å². The van der Waals surface area contributed by atoms with E-state index < -0.39 is 9.84 Å². The normalized spacial score (nSPS) is 11.6. The third-order valence-corrected chi connectivity index (χ3v) is 3.38. The van der Waals surface area contributed by atoms with E-state index in [1.54, 1.807) is 6.20 Å². The van der Waals surface area contributed by atoms with Crippen LogP contribution in [0.3, 0.4) is 0 Å². The number of pyridine rings is 1. The number of aromatic nitrogens is 1. The summed E-state index contributed by atoms with van der Waals surface area (Å²) in [5.74, 6) is 0.699. The van der Waals surface area contributed by atoms with Gasteiger partial charge >= 0.3 is 0 Å². The number of nitrogens with zero attached hydrogens (tertiary/aromatic N) is 2. The van der Waals surface area contributed by atoms with Crippen molar-refractivity contribution >= 4 is 39.8 Å². The number of nitrogens with one attached hydrogen (secondary N) is 2. The van der Waals surface area contributed by atoms with E-state index in [0.717, 1.165) is 18.7 Å². The molecule has 0 aliphatic heterocycles. The van der Waals surface area contributed by atoms with Crippen molar-refractivity contribution in [3.63, 3.8) is 0 Å². The van der Waals surface area contributed by atoms with Gasteiger partial charge in [-0.15, -0.1) is 24.0 Å². The summed E-state index contributed by atoms with van der Waals surface area (Å²) in [6.45, 7) is 3.64. The molecule has 0 unspecified atom stereocenters. The van der Waals surface area contributed by atoms with E-state index in [-0.39, 0.29) is 29.7 Å². The fourth-order valence-corrected chi connectivity index (χ4v) is 1.90. The van der Waals surface area contributed by atoms with E-state index in [9.17, 15) is 8.42 Å². The first-order chi connectivity index (χ1) is 9.51. The van der Waals surface area contributed by atoms with Gasteiger partial charge in [0.25, 0.3) is 0 Å². The molecule has 0 fully saturated rings. The largest absolute Gasteiger partial charge is 0.356 e. The molecular weight excluding hydrogens is 403 g/mol. The highest BCUT2D eigenvalue weighted by molar-refractivity contribution is 14.0. The number of aliphatic imine (C=N–C) groups is 1. The lowest BCUT2D eigenvalue weighted by molar-refractivity contribution is 0.600. The first-order valence-electron chi connectivity index (χ1n) is 6.61. The summed E-state index contributed by atoms with van der Waals surface area (Å²) in [7, 11) is -2.97. The highest BCUT2D eigenvalue weighted by Gasteiger charge is 2.03. The van der Waals surface area contributed by atoms with Crippen molar-refractivity contribution in [1.29, 1.82) is 0 Å². The fraction of sp³-hybridized carbons (Fsp3) is 0.538. The minimum atomic E-state index is -2.97. The lowest BCUT2D eigenvalue weighted by Gasteiger charge is -2.11. The molecule has 0 atom stereocenters. The number of halogens is 1. The number of guanidine groups is 1. The molecule has 21 heavy (non-hydrogen) atoms. The van der Waals surface area contributed by atoms with Gasteiger partial charge in [0, 0.05) is 25.5 Å². The van der Waals surface area contributed by atoms with Crippen molar-refractivity contribution in [3.8, 4) is 0 Å². The molecule has 2 N–H and O–H groups in total. The van der Waals surface area contributed by atoms with Crippen LogP contribution >= 0.6 is 24.0 Å². The van der Waals surface area contributed by atoms with Crippen molar-refractivity contribution in [2.45, 2.75) is 19.9 Å². The van der Waals surface area contributed by atoms with Crippen molar-refractivity contribution < 1.29 is 8.42 Å². The molecule has 0 aromatic carbocycles. The van der Waals surface area contributed by atoms with Gasteiger partial charge in [0.2, 0.25) is 0 Å². The highest BCUT2D eigenvalue weighted by atomic mass is 127. The van der Waals surface area contributed by atoms with E-state index >= 15 is 0 Å². The van der Waals surface area contributed by atoms with Gasteiger partial charge in [-0.25, -0.2) is 13.4 Å². The zero-order valence-corrected chi connectivity index (χ0v) is 15.5. The van der Waals surface area contributed by atoms with Crippen LogP contribution in [0.15, 0.2) is 29.4 Å². The Morgan fingerprint density at radius 1 is 1.29 bits per heavy atom. The van der Waals surface area contributed by atoms with Gasteiger partial charge in [-0.2, -0.15) is 0 Å². The van der Waals surface area contributed by atoms with Crippen LogP contribution in [0.1, 0.15) is 19.0 Å². The third kappa shape index (κ3) is 10.5. The second-order valence-corrected chi connectivity index (χ2v) is 6.73. The zero-order chi connectivity index (χ0) is 14.8. The van der Waals surface area contributed by atoms with Gasteiger partial charge in [-0.05, 0) is 18.6 Å². The van der Waals surface area contributed by atoms with Crippen LogP contribution in [0.25, 0.3) is 0 Å². The van der Waals surface area contributed by atoms with Gasteiger partial charge in [0.15, 0.2) is 5.96 Å². The van der Waals surface area contributed by atoms with E-state index in [1.165, 1.54) is 6.26 Å². The highest BCUT2D eigenvalue weighted by Crippen LogP contribution is 1.95. The number of hydrogen-bond donors (Lipinski definition) is 2. The van der Waals surface area contributed by atoms with Crippen LogP contribution in [0.2, 0.25) is 0 Å². The Morgan fingerprint density at radius 2 is 2.00 bits per heavy atom. The van der Waals surface area contributed by atoms with Crippen molar-refractivity contribution in [2.24, 2.45) is 4.99 Å². The van der Waals surface area contributed by atoms with Crippen LogP contribution in [-0.2, 0) is 16.4 Å². The standard InChI is InChI=1S/C13H22N4O2S.HI/c1-3-7-15-13(16-9-10-20(2,18)19)17-11-12-6-4-5-8-14-12;/h4-6,8H,3,7,9-11H2,1-2H3,(H2,15,16,17);1H. The van der Waals surface area contributed by atoms with Crippen LogP contribution in [0, 0.1) is 0 Å². The van der Waals surface area contributed by atoms with Gasteiger partial charge < -0.3 is 10.6 Å². The quantitative estimate of drug-likeness (QED) is 0.389. The molecule has 1 aromatic rings. The van der Waals surface area contributed by atoms with Gasteiger partial charge in [0.05, 0.1) is 18.0 Å². The minimum Gasteiger partial charge on any atom is -0.356 e. The molecule has 8 heteroatoms. The van der Waals surface area contributed by atoms with Gasteiger partial charge in [0.1, 0.15) is 9.84 Å². The SMILES string of the molecule is CCCNC(=NCc1ccccn1)NCCS(C)(=O)=O.I. The number of hydrogen-bond acceptors (Lipinski definition) is 4. The predicted molar refractivity (Wildman–Crippen MR) is 96.8 cm³/mol. The van der Waals surface area contributed by atoms with Crippen LogP contribution in [0.4, 0.5) is 0 Å². The fourth-order valence-electron chi connectivity index (χ4n) is 1.42. The average molecular weight is 426 g/mol. The summed E-state index contributed by atoms with van der Waals surface area (Å²) >= 11 is 0. The Morgan fingerprint density at radius 3 is 2.57 bits per heavy atom. The average Bonchev–Trinajstić information content (AvgIpc) is 2.41. The van der Waals surface area contributed by atoms with Crippen molar-refractivity contribution in [1.82, 2.24) is 15.6 Å². The molecule has 1 heterocycles. The summed E-state index contributed by atoms with van der Waals surface area (Å²) in [4.78, 5) is 8.58. The Hall–Kier alpha value is -0.900. The van der Waals surface area contributed by atoms with Crippen molar-refractivity contribution in [3.05, 3.63) is 30.1 Å². The maximum atomic E-state index is 11.1. The maximum Gasteiger partial charge on any atom is 0.191 e. The molecular formula is C13H23IN4O2S. The smallest absolute Gasteiger partial charge is 0.191 e. The Balaban J connectivity index is 0.00000400. The molecule has 0 aliphatic carbocycles. The first kappa shape index (κ1) is 20.1. The second-order valence-electron chi connectivity index (χ2n) is 4.47. The molecule has 0 saturated carbocycles. The molecule has 6 nitrogen and oxygen atoms in total. The van der Waals surface area contributed by atoms with E-state index in [4.69, 9.17) is 0 Å². The summed E-state index contributed by atoms with van der Waals surface area (Å²) in [6, 6.07) is 5.67. The molecule has 0 amide bonds. The summed E-state index contributed by atoms with van der Waals surface area (Å²) in [5.41, 5.74) is 0.869. The van der Waals surface area contributed by atoms with E-state index in [0.29, 0.717) is 19.0 Å². The monoisotopic (exact) mass is 426 g/mol. The van der Waals surface area contributed by atoms with Crippen LogP contribution in [-0.4, -0.2) is 44.5 Å². The molecule has 0 spiro atoms. The molecule has 0 bridgehead atoms. The summed E-state index contributed by atoms with van der Waals surface area (Å²) < 4.78 is 22.2. The van der Waals surface area contributed by atoms with E-state index in [1.807, 2.05) is 18.2 Å². The van der Waals surface area contributed by atoms with Crippen LogP contribution < -0.4 is 10.6 Å². The summed E-state index contributed by atoms with van der Waals surface area (Å²) in [5, 5.41) is 6.16. The molecule has 0 saturated heterocycles. The first-order valence-corrected chi connectivity index (χ1v) is 8.67. The molecule has 1 rings (SSSR count). The molecule has 120 valence electrons. The second kappa shape index (κ2) is 10.8. The molecule has 1 aromatic heterocycles. The van der Waals surface area contributed by atoms with Crippen molar-refractivity contribution in [2.75, 3.05) is 25.1 Å². The maximum absolute atomic E-state index is 11.1. The lowest BCUT2D eigenvalue weighted by Crippen LogP contribution is -2.40. The number of rotatable bonds is 7. The Labute approximate surface area is 143 Å². The van der Waals surface area contributed by atoms with Gasteiger partial charge in [-0.3, -0.25) is 4.98 Å². The third-order valence-electron chi connectivity index (χ3n) is 2.43. The predicted octanol–water partition coefficient (Wildman–Crippen LogP) is 1.19. The van der Waals surface area contributed by atoms with Gasteiger partial charge in [-0.1, -0.05) is 13.0 Å². The Kier molecular flexibility index (Phi) is 10.3. The molecule has 0 aliphatic rings. The topological polar surface area (TPSA) is 83.4 Å².